The van der Waals surface area contributed by atoms with Gasteiger partial charge in [-0.05, 0) is 47.9 Å². The SMILES string of the molecule is O=c1c2ccccc2nc2n1CCC2=Cc1ccc([N+](=O)[O-])cc1. The van der Waals surface area contributed by atoms with Gasteiger partial charge in [0.25, 0.3) is 11.2 Å². The first kappa shape index (κ1) is 14.3. The van der Waals surface area contributed by atoms with Gasteiger partial charge in [0.05, 0.1) is 15.8 Å². The molecule has 0 aliphatic carbocycles. The molecule has 0 radical (unpaired) electrons. The highest BCUT2D eigenvalue weighted by atomic mass is 16.6. The molecule has 0 N–H and O–H groups in total. The smallest absolute Gasteiger partial charge is 0.269 e. The van der Waals surface area contributed by atoms with Gasteiger partial charge in [0.1, 0.15) is 5.82 Å². The van der Waals surface area contributed by atoms with E-state index in [1.165, 1.54) is 12.1 Å². The molecule has 0 saturated heterocycles. The Morgan fingerprint density at radius 3 is 2.62 bits per heavy atom. The van der Waals surface area contributed by atoms with E-state index >= 15 is 0 Å². The summed E-state index contributed by atoms with van der Waals surface area (Å²) in [7, 11) is 0. The lowest BCUT2D eigenvalue weighted by atomic mass is 10.1. The van der Waals surface area contributed by atoms with Crippen molar-refractivity contribution in [2.75, 3.05) is 0 Å². The van der Waals surface area contributed by atoms with Crippen LogP contribution in [0.4, 0.5) is 5.69 Å². The van der Waals surface area contributed by atoms with E-state index in [1.54, 1.807) is 22.8 Å². The summed E-state index contributed by atoms with van der Waals surface area (Å²) in [4.78, 5) is 27.5. The van der Waals surface area contributed by atoms with E-state index in [0.29, 0.717) is 23.3 Å². The van der Waals surface area contributed by atoms with Crippen LogP contribution in [-0.4, -0.2) is 14.5 Å². The molecule has 0 unspecified atom stereocenters. The molecule has 1 aromatic heterocycles. The molecule has 0 atom stereocenters. The zero-order valence-electron chi connectivity index (χ0n) is 12.7. The van der Waals surface area contributed by atoms with E-state index in [1.807, 2.05) is 24.3 Å². The van der Waals surface area contributed by atoms with E-state index in [0.717, 1.165) is 17.6 Å². The molecule has 3 aromatic rings. The molecule has 0 fully saturated rings. The van der Waals surface area contributed by atoms with Gasteiger partial charge in [-0.3, -0.25) is 19.5 Å². The summed E-state index contributed by atoms with van der Waals surface area (Å²) in [5.74, 6) is 0.678. The number of nitro groups is 1. The van der Waals surface area contributed by atoms with Gasteiger partial charge in [-0.1, -0.05) is 12.1 Å². The van der Waals surface area contributed by atoms with Crippen LogP contribution in [0.1, 0.15) is 17.8 Å². The maximum atomic E-state index is 12.6. The molecule has 1 aliphatic heterocycles. The van der Waals surface area contributed by atoms with Gasteiger partial charge in [0.2, 0.25) is 0 Å². The Bertz CT molecular complexity index is 1050. The molecule has 0 amide bonds. The topological polar surface area (TPSA) is 78.0 Å². The number of para-hydroxylation sites is 1. The van der Waals surface area contributed by atoms with Crippen molar-refractivity contribution < 1.29 is 4.92 Å². The number of hydrogen-bond acceptors (Lipinski definition) is 4. The number of fused-ring (bicyclic) bond motifs is 2. The Morgan fingerprint density at radius 2 is 1.88 bits per heavy atom. The molecule has 1 aliphatic rings. The fraction of sp³-hybridized carbons (Fsp3) is 0.111. The lowest BCUT2D eigenvalue weighted by Gasteiger charge is -2.05. The van der Waals surface area contributed by atoms with Crippen molar-refractivity contribution in [1.82, 2.24) is 9.55 Å². The lowest BCUT2D eigenvalue weighted by Crippen LogP contribution is -2.20. The lowest BCUT2D eigenvalue weighted by molar-refractivity contribution is -0.384. The largest absolute Gasteiger partial charge is 0.292 e. The predicted molar refractivity (Wildman–Crippen MR) is 91.6 cm³/mol. The van der Waals surface area contributed by atoms with Crippen molar-refractivity contribution >= 4 is 28.2 Å². The maximum Gasteiger partial charge on any atom is 0.269 e. The third-order valence-corrected chi connectivity index (χ3v) is 4.20. The molecule has 6 nitrogen and oxygen atoms in total. The average Bonchev–Trinajstić information content (AvgIpc) is 2.99. The molecular weight excluding hydrogens is 306 g/mol. The Hall–Kier alpha value is -3.28. The molecule has 118 valence electrons. The van der Waals surface area contributed by atoms with Crippen molar-refractivity contribution in [1.29, 1.82) is 0 Å². The molecule has 0 saturated carbocycles. The second kappa shape index (κ2) is 5.42. The number of rotatable bonds is 2. The van der Waals surface area contributed by atoms with Crippen LogP contribution in [0.5, 0.6) is 0 Å². The van der Waals surface area contributed by atoms with Crippen molar-refractivity contribution in [2.24, 2.45) is 0 Å². The molecular formula is C18H13N3O3. The fourth-order valence-corrected chi connectivity index (χ4v) is 2.99. The van der Waals surface area contributed by atoms with Crippen LogP contribution in [0.25, 0.3) is 22.6 Å². The number of hydrogen-bond donors (Lipinski definition) is 0. The van der Waals surface area contributed by atoms with E-state index in [9.17, 15) is 14.9 Å². The minimum absolute atomic E-state index is 0.0253. The monoisotopic (exact) mass is 319 g/mol. The van der Waals surface area contributed by atoms with Crippen LogP contribution in [0.3, 0.4) is 0 Å². The highest BCUT2D eigenvalue weighted by Gasteiger charge is 2.20. The Morgan fingerprint density at radius 1 is 1.12 bits per heavy atom. The van der Waals surface area contributed by atoms with Crippen LogP contribution >= 0.6 is 0 Å². The van der Waals surface area contributed by atoms with E-state index < -0.39 is 4.92 Å². The third-order valence-electron chi connectivity index (χ3n) is 4.20. The highest BCUT2D eigenvalue weighted by molar-refractivity contribution is 5.84. The number of nitrogens with zero attached hydrogens (tertiary/aromatic N) is 3. The van der Waals surface area contributed by atoms with Gasteiger partial charge >= 0.3 is 0 Å². The second-order valence-electron chi connectivity index (χ2n) is 5.68. The van der Waals surface area contributed by atoms with Crippen LogP contribution in [-0.2, 0) is 6.54 Å². The number of aromatic nitrogens is 2. The minimum atomic E-state index is -0.422. The van der Waals surface area contributed by atoms with E-state index in [2.05, 4.69) is 4.98 Å². The first-order valence-electron chi connectivity index (χ1n) is 7.58. The molecule has 0 spiro atoms. The number of allylic oxidation sites excluding steroid dienone is 1. The van der Waals surface area contributed by atoms with Crippen LogP contribution < -0.4 is 5.56 Å². The van der Waals surface area contributed by atoms with Crippen LogP contribution in [0, 0.1) is 10.1 Å². The van der Waals surface area contributed by atoms with E-state index in [4.69, 9.17) is 0 Å². The van der Waals surface area contributed by atoms with Gasteiger partial charge in [-0.2, -0.15) is 0 Å². The molecule has 6 heteroatoms. The third kappa shape index (κ3) is 2.28. The Labute approximate surface area is 136 Å². The van der Waals surface area contributed by atoms with Crippen LogP contribution in [0.15, 0.2) is 53.3 Å². The number of nitro benzene ring substituents is 1. The summed E-state index contributed by atoms with van der Waals surface area (Å²) < 4.78 is 1.69. The van der Waals surface area contributed by atoms with Crippen molar-refractivity contribution in [3.8, 4) is 0 Å². The number of benzene rings is 2. The first-order chi connectivity index (χ1) is 11.6. The van der Waals surface area contributed by atoms with E-state index in [-0.39, 0.29) is 11.2 Å². The van der Waals surface area contributed by atoms with Gasteiger partial charge in [-0.15, -0.1) is 0 Å². The highest BCUT2D eigenvalue weighted by Crippen LogP contribution is 2.27. The summed E-state index contributed by atoms with van der Waals surface area (Å²) in [5.41, 5.74) is 2.54. The number of non-ortho nitro benzene ring substituents is 1. The molecule has 2 heterocycles. The average molecular weight is 319 g/mol. The standard InChI is InChI=1S/C18H13N3O3/c22-18-15-3-1-2-4-16(15)19-17-13(9-10-20(17)18)11-12-5-7-14(8-6-12)21(23)24/h1-8,11H,9-10H2. The first-order valence-corrected chi connectivity index (χ1v) is 7.58. The Balaban J connectivity index is 1.81. The quantitative estimate of drug-likeness (QED) is 0.536. The van der Waals surface area contributed by atoms with Gasteiger partial charge in [0.15, 0.2) is 0 Å². The van der Waals surface area contributed by atoms with Crippen molar-refractivity contribution in [3.05, 3.63) is 80.4 Å². The fourth-order valence-electron chi connectivity index (χ4n) is 2.99. The normalized spacial score (nSPS) is 14.9. The summed E-state index contributed by atoms with van der Waals surface area (Å²) in [6.45, 7) is 0.602. The Kier molecular flexibility index (Phi) is 3.23. The van der Waals surface area contributed by atoms with Gasteiger partial charge < -0.3 is 0 Å². The van der Waals surface area contributed by atoms with Gasteiger partial charge in [0, 0.05) is 18.7 Å². The summed E-state index contributed by atoms with van der Waals surface area (Å²) >= 11 is 0. The maximum absolute atomic E-state index is 12.6. The molecule has 0 bridgehead atoms. The predicted octanol–water partition coefficient (Wildman–Crippen LogP) is 3.25. The summed E-state index contributed by atoms with van der Waals surface area (Å²) in [5, 5.41) is 11.3. The van der Waals surface area contributed by atoms with Crippen LogP contribution in [0.2, 0.25) is 0 Å². The zero-order chi connectivity index (χ0) is 16.7. The molecule has 2 aromatic carbocycles. The van der Waals surface area contributed by atoms with Crippen molar-refractivity contribution in [2.45, 2.75) is 13.0 Å². The van der Waals surface area contributed by atoms with Gasteiger partial charge in [-0.25, -0.2) is 4.98 Å². The summed E-state index contributed by atoms with van der Waals surface area (Å²) in [6, 6.07) is 13.7. The summed E-state index contributed by atoms with van der Waals surface area (Å²) in [6.07, 6.45) is 2.65. The zero-order valence-corrected chi connectivity index (χ0v) is 12.7. The van der Waals surface area contributed by atoms with Crippen molar-refractivity contribution in [3.63, 3.8) is 0 Å². The molecule has 24 heavy (non-hydrogen) atoms. The molecule has 4 rings (SSSR count). The minimum Gasteiger partial charge on any atom is -0.292 e. The second-order valence-corrected chi connectivity index (χ2v) is 5.68.